The predicted octanol–water partition coefficient (Wildman–Crippen LogP) is 1.67. The fraction of sp³-hybridized carbons (Fsp3) is 0.167. The summed E-state index contributed by atoms with van der Waals surface area (Å²) in [4.78, 5) is 3.72. The summed E-state index contributed by atoms with van der Waals surface area (Å²) in [6, 6.07) is 1.62. The highest BCUT2D eigenvalue weighted by Crippen LogP contribution is 2.12. The molecule has 0 fully saturated rings. The highest BCUT2D eigenvalue weighted by atomic mass is 35.5. The molecule has 0 aliphatic carbocycles. The molecule has 1 radical (unpaired) electrons. The minimum absolute atomic E-state index is 0.276. The fourth-order valence-electron chi connectivity index (χ4n) is 0.521. The standard InChI is InChI=1S/C6H5ClNO/c7-6-3-8-2-1-5(6)4-9/h1-3H,4H2. The van der Waals surface area contributed by atoms with Gasteiger partial charge in [-0.2, -0.15) is 0 Å². The molecule has 1 aromatic heterocycles. The van der Waals surface area contributed by atoms with Gasteiger partial charge in [0.2, 0.25) is 0 Å². The van der Waals surface area contributed by atoms with Crippen molar-refractivity contribution in [3.05, 3.63) is 29.0 Å². The molecule has 0 bridgehead atoms. The largest absolute Gasteiger partial charge is 0.263 e. The normalized spacial score (nSPS) is 9.56. The number of pyridine rings is 1. The monoisotopic (exact) mass is 142 g/mol. The van der Waals surface area contributed by atoms with Crippen LogP contribution in [0.5, 0.6) is 0 Å². The Bertz CT molecular complexity index is 202. The molecule has 0 atom stereocenters. The Kier molecular flexibility index (Phi) is 2.03. The quantitative estimate of drug-likeness (QED) is 0.587. The second-order valence-corrected chi connectivity index (χ2v) is 2.02. The van der Waals surface area contributed by atoms with Crippen LogP contribution >= 0.6 is 11.6 Å². The summed E-state index contributed by atoms with van der Waals surface area (Å²) < 4.78 is 0. The molecule has 3 heteroatoms. The summed E-state index contributed by atoms with van der Waals surface area (Å²) >= 11 is 5.56. The van der Waals surface area contributed by atoms with Crippen molar-refractivity contribution in [2.75, 3.05) is 0 Å². The molecule has 1 heterocycles. The summed E-state index contributed by atoms with van der Waals surface area (Å²) in [5.74, 6) is 0. The van der Waals surface area contributed by atoms with E-state index in [9.17, 15) is 5.11 Å². The predicted molar refractivity (Wildman–Crippen MR) is 33.6 cm³/mol. The molecule has 9 heavy (non-hydrogen) atoms. The summed E-state index contributed by atoms with van der Waals surface area (Å²) in [7, 11) is 0. The van der Waals surface area contributed by atoms with Crippen molar-refractivity contribution < 1.29 is 5.11 Å². The van der Waals surface area contributed by atoms with Crippen LogP contribution in [0, 0.1) is 0 Å². The maximum absolute atomic E-state index is 10.2. The van der Waals surface area contributed by atoms with E-state index >= 15 is 0 Å². The molecule has 0 amide bonds. The summed E-state index contributed by atoms with van der Waals surface area (Å²) in [6.45, 7) is -0.276. The minimum Gasteiger partial charge on any atom is -0.263 e. The molecule has 0 spiro atoms. The maximum Gasteiger partial charge on any atom is 0.109 e. The van der Waals surface area contributed by atoms with E-state index in [-0.39, 0.29) is 6.61 Å². The van der Waals surface area contributed by atoms with E-state index in [4.69, 9.17) is 11.6 Å². The van der Waals surface area contributed by atoms with Gasteiger partial charge in [0.15, 0.2) is 0 Å². The maximum atomic E-state index is 10.2. The molecule has 0 saturated carbocycles. The Labute approximate surface area is 58.1 Å². The first-order chi connectivity index (χ1) is 4.34. The molecule has 2 nitrogen and oxygen atoms in total. The third-order valence-electron chi connectivity index (χ3n) is 1.01. The summed E-state index contributed by atoms with van der Waals surface area (Å²) in [5.41, 5.74) is 0.603. The lowest BCUT2D eigenvalue weighted by Gasteiger charge is -1.93. The van der Waals surface area contributed by atoms with Gasteiger partial charge in [0.1, 0.15) is 6.61 Å². The molecular formula is C6H5ClNO. The molecule has 0 saturated heterocycles. The Hall–Kier alpha value is -0.600. The smallest absolute Gasteiger partial charge is 0.109 e. The Morgan fingerprint density at radius 1 is 1.67 bits per heavy atom. The molecule has 47 valence electrons. The van der Waals surface area contributed by atoms with Crippen LogP contribution in [0.1, 0.15) is 5.56 Å². The molecule has 0 N–H and O–H groups in total. The second kappa shape index (κ2) is 2.80. The van der Waals surface area contributed by atoms with Gasteiger partial charge in [-0.05, 0) is 6.07 Å². The van der Waals surface area contributed by atoms with Gasteiger partial charge in [0.25, 0.3) is 0 Å². The molecular weight excluding hydrogens is 138 g/mol. The Morgan fingerprint density at radius 3 is 2.89 bits per heavy atom. The Balaban J connectivity index is 3.01. The first kappa shape index (κ1) is 6.52. The van der Waals surface area contributed by atoms with Crippen molar-refractivity contribution in [2.45, 2.75) is 6.61 Å². The number of aromatic nitrogens is 1. The lowest BCUT2D eigenvalue weighted by atomic mass is 10.3. The van der Waals surface area contributed by atoms with Gasteiger partial charge < -0.3 is 0 Å². The average molecular weight is 143 g/mol. The van der Waals surface area contributed by atoms with Crippen LogP contribution in [0.15, 0.2) is 18.5 Å². The fourth-order valence-corrected chi connectivity index (χ4v) is 0.695. The van der Waals surface area contributed by atoms with Crippen LogP contribution in [-0.4, -0.2) is 4.98 Å². The number of hydrogen-bond donors (Lipinski definition) is 0. The number of nitrogens with zero attached hydrogens (tertiary/aromatic N) is 1. The van der Waals surface area contributed by atoms with Crippen LogP contribution in [0.4, 0.5) is 0 Å². The van der Waals surface area contributed by atoms with Gasteiger partial charge in [-0.25, -0.2) is 5.11 Å². The first-order valence-corrected chi connectivity index (χ1v) is 2.89. The molecule has 0 aliphatic rings. The van der Waals surface area contributed by atoms with Gasteiger partial charge in [0.05, 0.1) is 5.02 Å². The number of rotatable bonds is 1. The van der Waals surface area contributed by atoms with Gasteiger partial charge in [-0.15, -0.1) is 0 Å². The summed E-state index contributed by atoms with van der Waals surface area (Å²) in [5, 5.41) is 10.7. The van der Waals surface area contributed by atoms with Gasteiger partial charge in [-0.1, -0.05) is 11.6 Å². The lowest BCUT2D eigenvalue weighted by molar-refractivity contribution is 0.177. The number of halogens is 1. The van der Waals surface area contributed by atoms with Gasteiger partial charge in [0, 0.05) is 18.0 Å². The summed E-state index contributed by atoms with van der Waals surface area (Å²) in [6.07, 6.45) is 3.02. The molecule has 1 aromatic rings. The van der Waals surface area contributed by atoms with Gasteiger partial charge >= 0.3 is 0 Å². The van der Waals surface area contributed by atoms with E-state index < -0.39 is 0 Å². The third kappa shape index (κ3) is 1.40. The SMILES string of the molecule is [O]Cc1ccncc1Cl. The van der Waals surface area contributed by atoms with Crippen LogP contribution < -0.4 is 0 Å². The highest BCUT2D eigenvalue weighted by molar-refractivity contribution is 6.31. The highest BCUT2D eigenvalue weighted by Gasteiger charge is 1.95. The van der Waals surface area contributed by atoms with E-state index in [1.54, 1.807) is 12.3 Å². The van der Waals surface area contributed by atoms with E-state index in [2.05, 4.69) is 4.98 Å². The van der Waals surface area contributed by atoms with Crippen LogP contribution in [0.2, 0.25) is 5.02 Å². The van der Waals surface area contributed by atoms with Crippen molar-refractivity contribution in [1.82, 2.24) is 4.98 Å². The lowest BCUT2D eigenvalue weighted by Crippen LogP contribution is -1.82. The van der Waals surface area contributed by atoms with E-state index in [1.807, 2.05) is 0 Å². The van der Waals surface area contributed by atoms with Crippen LogP contribution in [0.25, 0.3) is 0 Å². The van der Waals surface area contributed by atoms with E-state index in [0.29, 0.717) is 10.6 Å². The average Bonchev–Trinajstić information content (AvgIpc) is 1.89. The first-order valence-electron chi connectivity index (χ1n) is 2.51. The van der Waals surface area contributed by atoms with Crippen molar-refractivity contribution in [2.24, 2.45) is 0 Å². The zero-order valence-electron chi connectivity index (χ0n) is 4.67. The van der Waals surface area contributed by atoms with E-state index in [0.717, 1.165) is 0 Å². The molecule has 1 rings (SSSR count). The van der Waals surface area contributed by atoms with Crippen molar-refractivity contribution in [3.63, 3.8) is 0 Å². The van der Waals surface area contributed by atoms with Crippen LogP contribution in [-0.2, 0) is 11.7 Å². The molecule has 0 aromatic carbocycles. The Morgan fingerprint density at radius 2 is 2.44 bits per heavy atom. The third-order valence-corrected chi connectivity index (χ3v) is 1.35. The zero-order chi connectivity index (χ0) is 6.69. The topological polar surface area (TPSA) is 32.8 Å². The zero-order valence-corrected chi connectivity index (χ0v) is 5.43. The van der Waals surface area contributed by atoms with E-state index in [1.165, 1.54) is 6.20 Å². The van der Waals surface area contributed by atoms with Crippen molar-refractivity contribution in [3.8, 4) is 0 Å². The minimum atomic E-state index is -0.276. The van der Waals surface area contributed by atoms with Crippen molar-refractivity contribution >= 4 is 11.6 Å². The molecule has 0 aliphatic heterocycles. The van der Waals surface area contributed by atoms with Crippen molar-refractivity contribution in [1.29, 1.82) is 0 Å². The van der Waals surface area contributed by atoms with Crippen LogP contribution in [0.3, 0.4) is 0 Å². The second-order valence-electron chi connectivity index (χ2n) is 1.61. The van der Waals surface area contributed by atoms with Gasteiger partial charge in [-0.3, -0.25) is 4.98 Å². The molecule has 0 unspecified atom stereocenters. The number of hydrogen-bond acceptors (Lipinski definition) is 1.